The Kier molecular flexibility index (Phi) is 4.00. The monoisotopic (exact) mass is 355 g/mol. The molecule has 0 aliphatic heterocycles. The number of H-pyrrole nitrogens is 1. The highest BCUT2D eigenvalue weighted by atomic mass is 19.2. The lowest BCUT2D eigenvalue weighted by atomic mass is 10.1. The Morgan fingerprint density at radius 1 is 1.08 bits per heavy atom. The molecule has 0 amide bonds. The Labute approximate surface area is 150 Å². The molecule has 4 nitrogen and oxygen atoms in total. The molecule has 2 N–H and O–H groups in total. The Hall–Kier alpha value is -2.73. The van der Waals surface area contributed by atoms with Crippen LogP contribution in [0.5, 0.6) is 0 Å². The molecule has 0 spiro atoms. The SMILES string of the molecule is CN(C)CCNc1c2ccccc2[n+](C)c2c1[nH]c1cc(F)c(F)cc12. The van der Waals surface area contributed by atoms with Crippen molar-refractivity contribution in [2.75, 3.05) is 32.5 Å². The van der Waals surface area contributed by atoms with Gasteiger partial charge in [0.15, 0.2) is 11.6 Å². The lowest BCUT2D eigenvalue weighted by molar-refractivity contribution is -0.616. The van der Waals surface area contributed by atoms with Crippen molar-refractivity contribution in [3.05, 3.63) is 48.0 Å². The molecule has 26 heavy (non-hydrogen) atoms. The Morgan fingerprint density at radius 3 is 2.58 bits per heavy atom. The van der Waals surface area contributed by atoms with Gasteiger partial charge in [0, 0.05) is 25.2 Å². The summed E-state index contributed by atoms with van der Waals surface area (Å²) >= 11 is 0. The van der Waals surface area contributed by atoms with Crippen LogP contribution in [0.1, 0.15) is 0 Å². The fourth-order valence-corrected chi connectivity index (χ4v) is 3.52. The molecule has 0 radical (unpaired) electrons. The summed E-state index contributed by atoms with van der Waals surface area (Å²) in [5, 5.41) is 5.24. The summed E-state index contributed by atoms with van der Waals surface area (Å²) in [7, 11) is 5.99. The first-order chi connectivity index (χ1) is 12.5. The normalized spacial score (nSPS) is 11.9. The number of pyridine rings is 1. The number of aryl methyl sites for hydroxylation is 1. The van der Waals surface area contributed by atoms with Gasteiger partial charge >= 0.3 is 0 Å². The highest BCUT2D eigenvalue weighted by Crippen LogP contribution is 2.34. The number of rotatable bonds is 4. The fraction of sp³-hybridized carbons (Fsp3) is 0.250. The second-order valence-corrected chi connectivity index (χ2v) is 6.84. The molecule has 0 bridgehead atoms. The predicted octanol–water partition coefficient (Wildman–Crippen LogP) is 3.55. The Morgan fingerprint density at radius 2 is 1.81 bits per heavy atom. The molecule has 0 saturated carbocycles. The molecule has 0 aliphatic rings. The van der Waals surface area contributed by atoms with E-state index in [-0.39, 0.29) is 0 Å². The summed E-state index contributed by atoms with van der Waals surface area (Å²) in [6.07, 6.45) is 0. The molecule has 0 saturated heterocycles. The van der Waals surface area contributed by atoms with E-state index in [4.69, 9.17) is 0 Å². The minimum atomic E-state index is -0.849. The molecule has 0 unspecified atom stereocenters. The Bertz CT molecular complexity index is 1130. The molecule has 2 aromatic heterocycles. The smallest absolute Gasteiger partial charge is 0.240 e. The van der Waals surface area contributed by atoms with Crippen LogP contribution in [0.15, 0.2) is 36.4 Å². The van der Waals surface area contributed by atoms with Gasteiger partial charge < -0.3 is 15.2 Å². The van der Waals surface area contributed by atoms with E-state index in [1.165, 1.54) is 12.1 Å². The van der Waals surface area contributed by atoms with E-state index >= 15 is 0 Å². The molecule has 0 fully saturated rings. The highest BCUT2D eigenvalue weighted by molar-refractivity contribution is 6.13. The summed E-state index contributed by atoms with van der Waals surface area (Å²) in [6.45, 7) is 1.64. The van der Waals surface area contributed by atoms with E-state index in [2.05, 4.69) is 21.3 Å². The highest BCUT2D eigenvalue weighted by Gasteiger charge is 2.23. The van der Waals surface area contributed by atoms with Gasteiger partial charge in [-0.3, -0.25) is 0 Å². The average Bonchev–Trinajstić information content (AvgIpc) is 2.96. The van der Waals surface area contributed by atoms with Crippen molar-refractivity contribution in [1.82, 2.24) is 9.88 Å². The fourth-order valence-electron chi connectivity index (χ4n) is 3.52. The summed E-state index contributed by atoms with van der Waals surface area (Å²) in [4.78, 5) is 5.38. The van der Waals surface area contributed by atoms with Gasteiger partial charge in [-0.1, -0.05) is 12.1 Å². The summed E-state index contributed by atoms with van der Waals surface area (Å²) in [5.74, 6) is -1.69. The predicted molar refractivity (Wildman–Crippen MR) is 101 cm³/mol. The summed E-state index contributed by atoms with van der Waals surface area (Å²) in [6, 6.07) is 10.5. The molecule has 4 rings (SSSR count). The number of benzene rings is 2. The van der Waals surface area contributed by atoms with E-state index in [1.807, 2.05) is 43.9 Å². The first-order valence-electron chi connectivity index (χ1n) is 8.57. The van der Waals surface area contributed by atoms with Crippen LogP contribution in [0, 0.1) is 11.6 Å². The van der Waals surface area contributed by atoms with Crippen molar-refractivity contribution in [3.63, 3.8) is 0 Å². The second-order valence-electron chi connectivity index (χ2n) is 6.84. The molecule has 0 aliphatic carbocycles. The van der Waals surface area contributed by atoms with Gasteiger partial charge in [-0.2, -0.15) is 4.57 Å². The van der Waals surface area contributed by atoms with Crippen LogP contribution < -0.4 is 9.88 Å². The van der Waals surface area contributed by atoms with Crippen molar-refractivity contribution >= 4 is 38.5 Å². The average molecular weight is 355 g/mol. The third kappa shape index (κ3) is 2.57. The first kappa shape index (κ1) is 16.7. The maximum Gasteiger partial charge on any atom is 0.240 e. The number of aromatic nitrogens is 2. The van der Waals surface area contributed by atoms with Gasteiger partial charge in [0.1, 0.15) is 12.6 Å². The van der Waals surface area contributed by atoms with Crippen molar-refractivity contribution in [1.29, 1.82) is 0 Å². The van der Waals surface area contributed by atoms with Crippen LogP contribution in [0.2, 0.25) is 0 Å². The number of anilines is 1. The standard InChI is InChI=1S/C20H20F2N4/c1-25(2)9-8-23-18-12-6-4-5-7-17(12)26(3)20-13-10-14(21)15(22)11-16(13)24-19(18)20/h4-7,10-11H,8-9H2,1-3H3,(H,23,24)/p+1. The third-order valence-corrected chi connectivity index (χ3v) is 4.79. The van der Waals surface area contributed by atoms with Crippen molar-refractivity contribution in [2.24, 2.45) is 7.05 Å². The minimum Gasteiger partial charge on any atom is -0.381 e. The Balaban J connectivity index is 2.06. The number of nitrogens with one attached hydrogen (secondary N) is 2. The largest absolute Gasteiger partial charge is 0.381 e. The third-order valence-electron chi connectivity index (χ3n) is 4.79. The summed E-state index contributed by atoms with van der Waals surface area (Å²) < 4.78 is 29.6. The van der Waals surface area contributed by atoms with Gasteiger partial charge in [-0.15, -0.1) is 0 Å². The quantitative estimate of drug-likeness (QED) is 0.549. The van der Waals surface area contributed by atoms with Crippen molar-refractivity contribution in [3.8, 4) is 0 Å². The van der Waals surface area contributed by atoms with E-state index in [0.29, 0.717) is 10.9 Å². The van der Waals surface area contributed by atoms with Gasteiger partial charge in [0.2, 0.25) is 11.0 Å². The second kappa shape index (κ2) is 6.21. The summed E-state index contributed by atoms with van der Waals surface area (Å²) in [5.41, 5.74) is 4.26. The van der Waals surface area contributed by atoms with E-state index in [1.54, 1.807) is 0 Å². The van der Waals surface area contributed by atoms with Gasteiger partial charge in [-0.05, 0) is 26.2 Å². The molecule has 0 atom stereocenters. The maximum atomic E-state index is 13.9. The number of nitrogens with zero attached hydrogens (tertiary/aromatic N) is 2. The van der Waals surface area contributed by atoms with Gasteiger partial charge in [0.25, 0.3) is 0 Å². The first-order valence-corrected chi connectivity index (χ1v) is 8.57. The lowest BCUT2D eigenvalue weighted by Crippen LogP contribution is -2.30. The number of hydrogen-bond acceptors (Lipinski definition) is 2. The van der Waals surface area contributed by atoms with Crippen LogP contribution in [-0.4, -0.2) is 37.1 Å². The molecule has 134 valence electrons. The van der Waals surface area contributed by atoms with Crippen LogP contribution >= 0.6 is 0 Å². The number of halogens is 2. The number of fused-ring (bicyclic) bond motifs is 4. The number of aromatic amines is 1. The number of hydrogen-bond donors (Lipinski definition) is 2. The maximum absolute atomic E-state index is 13.9. The van der Waals surface area contributed by atoms with Gasteiger partial charge in [0.05, 0.1) is 22.0 Å². The van der Waals surface area contributed by atoms with E-state index in [9.17, 15) is 8.78 Å². The number of likely N-dealkylation sites (N-methyl/N-ethyl adjacent to an activating group) is 1. The molecule has 2 aromatic carbocycles. The zero-order chi connectivity index (χ0) is 18.4. The van der Waals surface area contributed by atoms with Gasteiger partial charge in [-0.25, -0.2) is 8.78 Å². The minimum absolute atomic E-state index is 0.584. The number of para-hydroxylation sites is 1. The zero-order valence-electron chi connectivity index (χ0n) is 15.0. The zero-order valence-corrected chi connectivity index (χ0v) is 15.0. The molecule has 6 heteroatoms. The lowest BCUT2D eigenvalue weighted by Gasteiger charge is -2.13. The topological polar surface area (TPSA) is 34.9 Å². The van der Waals surface area contributed by atoms with Crippen LogP contribution in [0.4, 0.5) is 14.5 Å². The van der Waals surface area contributed by atoms with Crippen molar-refractivity contribution in [2.45, 2.75) is 0 Å². The molecule has 2 heterocycles. The molecular formula is C20H21F2N4+. The van der Waals surface area contributed by atoms with Crippen LogP contribution in [0.3, 0.4) is 0 Å². The van der Waals surface area contributed by atoms with E-state index in [0.717, 1.165) is 40.7 Å². The molecule has 4 aromatic rings. The van der Waals surface area contributed by atoms with Crippen molar-refractivity contribution < 1.29 is 13.3 Å². The molecular weight excluding hydrogens is 334 g/mol. The van der Waals surface area contributed by atoms with Crippen LogP contribution in [-0.2, 0) is 7.05 Å². The van der Waals surface area contributed by atoms with Crippen LogP contribution in [0.25, 0.3) is 32.8 Å². The van der Waals surface area contributed by atoms with E-state index < -0.39 is 11.6 Å².